The topological polar surface area (TPSA) is 78.4 Å². The first kappa shape index (κ1) is 24.1. The Hall–Kier alpha value is -0.900. The Morgan fingerprint density at radius 1 is 1.28 bits per heavy atom. The van der Waals surface area contributed by atoms with E-state index < -0.39 is 0 Å². The third-order valence-corrected chi connectivity index (χ3v) is 4.68. The first-order valence-corrected chi connectivity index (χ1v) is 9.61. The maximum absolute atomic E-state index is 12.0. The van der Waals surface area contributed by atoms with Gasteiger partial charge in [-0.1, -0.05) is 32.6 Å². The molecule has 6 nitrogen and oxygen atoms in total. The van der Waals surface area contributed by atoms with Crippen molar-refractivity contribution < 1.29 is 4.79 Å². The number of hydrogen-bond donors (Lipinski definition) is 3. The van der Waals surface area contributed by atoms with E-state index in [4.69, 9.17) is 0 Å². The summed E-state index contributed by atoms with van der Waals surface area (Å²) in [6.45, 7) is 7.42. The minimum atomic E-state index is -0.0657. The second kappa shape index (κ2) is 14.3. The van der Waals surface area contributed by atoms with E-state index in [1.165, 1.54) is 37.0 Å². The van der Waals surface area contributed by atoms with E-state index in [-0.39, 0.29) is 29.9 Å². The summed E-state index contributed by atoms with van der Waals surface area (Å²) in [7, 11) is 1.76. The van der Waals surface area contributed by atoms with E-state index in [9.17, 15) is 4.79 Å². The van der Waals surface area contributed by atoms with E-state index in [0.29, 0.717) is 24.0 Å². The smallest absolute Gasteiger partial charge is 0.263 e. The van der Waals surface area contributed by atoms with Gasteiger partial charge in [-0.15, -0.1) is 35.3 Å². The molecule has 0 aliphatic heterocycles. The molecule has 8 heteroatoms. The molecule has 1 heterocycles. The van der Waals surface area contributed by atoms with Gasteiger partial charge in [-0.3, -0.25) is 9.79 Å². The van der Waals surface area contributed by atoms with Crippen LogP contribution >= 0.6 is 35.3 Å². The number of carbonyl (C=O) groups excluding carboxylic acids is 1. The lowest BCUT2D eigenvalue weighted by atomic mass is 10.1. The molecule has 3 N–H and O–H groups in total. The summed E-state index contributed by atoms with van der Waals surface area (Å²) in [4.78, 5) is 21.0. The molecule has 0 aliphatic carbocycles. The number of aliphatic imine (C=N–C) groups is 1. The molecule has 0 saturated carbocycles. The SMILES string of the molecule is CCCCCCC(C)NC(=NC)NCCNC(=O)c1scnc1C.I. The minimum absolute atomic E-state index is 0. The van der Waals surface area contributed by atoms with Crippen LogP contribution in [0.3, 0.4) is 0 Å². The van der Waals surface area contributed by atoms with Crippen molar-refractivity contribution in [1.29, 1.82) is 0 Å². The van der Waals surface area contributed by atoms with Gasteiger partial charge < -0.3 is 16.0 Å². The minimum Gasteiger partial charge on any atom is -0.355 e. The van der Waals surface area contributed by atoms with E-state index in [0.717, 1.165) is 18.1 Å². The highest BCUT2D eigenvalue weighted by molar-refractivity contribution is 14.0. The van der Waals surface area contributed by atoms with Crippen molar-refractivity contribution in [3.63, 3.8) is 0 Å². The van der Waals surface area contributed by atoms with E-state index in [2.05, 4.69) is 39.8 Å². The Kier molecular flexibility index (Phi) is 13.8. The summed E-state index contributed by atoms with van der Waals surface area (Å²) >= 11 is 1.37. The molecule has 0 spiro atoms. The van der Waals surface area contributed by atoms with Crippen LogP contribution in [0.1, 0.15) is 61.3 Å². The Bertz CT molecular complexity index is 521. The molecule has 0 radical (unpaired) electrons. The van der Waals surface area contributed by atoms with Gasteiger partial charge >= 0.3 is 0 Å². The normalized spacial score (nSPS) is 12.2. The number of halogens is 1. The number of aromatic nitrogens is 1. The highest BCUT2D eigenvalue weighted by atomic mass is 127. The van der Waals surface area contributed by atoms with Crippen LogP contribution in [0.5, 0.6) is 0 Å². The number of hydrogen-bond acceptors (Lipinski definition) is 4. The summed E-state index contributed by atoms with van der Waals surface area (Å²) in [6.07, 6.45) is 6.24. The fraction of sp³-hybridized carbons (Fsp3) is 0.706. The van der Waals surface area contributed by atoms with Crippen molar-refractivity contribution in [2.24, 2.45) is 4.99 Å². The second-order valence-electron chi connectivity index (χ2n) is 5.92. The van der Waals surface area contributed by atoms with Gasteiger partial charge in [0.15, 0.2) is 5.96 Å². The molecule has 25 heavy (non-hydrogen) atoms. The molecule has 0 aliphatic rings. The van der Waals surface area contributed by atoms with Gasteiger partial charge in [0.25, 0.3) is 5.91 Å². The number of aryl methyl sites for hydroxylation is 1. The van der Waals surface area contributed by atoms with Crippen molar-refractivity contribution in [1.82, 2.24) is 20.9 Å². The molecule has 0 saturated heterocycles. The van der Waals surface area contributed by atoms with Crippen LogP contribution in [0.2, 0.25) is 0 Å². The molecular weight excluding hydrogens is 449 g/mol. The number of nitrogens with one attached hydrogen (secondary N) is 3. The molecule has 1 unspecified atom stereocenters. The zero-order valence-corrected chi connectivity index (χ0v) is 18.9. The largest absolute Gasteiger partial charge is 0.355 e. The summed E-state index contributed by atoms with van der Waals surface area (Å²) < 4.78 is 0. The number of thiazole rings is 1. The van der Waals surface area contributed by atoms with Gasteiger partial charge in [0, 0.05) is 26.2 Å². The van der Waals surface area contributed by atoms with Gasteiger partial charge in [0.05, 0.1) is 11.2 Å². The molecule has 0 aromatic carbocycles. The van der Waals surface area contributed by atoms with Crippen molar-refractivity contribution in [2.75, 3.05) is 20.1 Å². The molecule has 0 bridgehead atoms. The van der Waals surface area contributed by atoms with Crippen LogP contribution in [0, 0.1) is 6.92 Å². The quantitative estimate of drug-likeness (QED) is 0.207. The van der Waals surface area contributed by atoms with E-state index in [1.807, 2.05) is 6.92 Å². The van der Waals surface area contributed by atoms with Crippen LogP contribution in [-0.2, 0) is 0 Å². The molecule has 0 fully saturated rings. The number of carbonyl (C=O) groups is 1. The van der Waals surface area contributed by atoms with Crippen molar-refractivity contribution in [2.45, 2.75) is 58.9 Å². The maximum Gasteiger partial charge on any atom is 0.263 e. The summed E-state index contributed by atoms with van der Waals surface area (Å²) in [5, 5.41) is 9.51. The molecule has 1 rings (SSSR count). The lowest BCUT2D eigenvalue weighted by molar-refractivity contribution is 0.0957. The molecule has 1 atom stereocenters. The third kappa shape index (κ3) is 9.98. The summed E-state index contributed by atoms with van der Waals surface area (Å²) in [6, 6.07) is 0.391. The number of rotatable bonds is 10. The standard InChI is InChI=1S/C17H31N5OS.HI/c1-5-6-7-8-9-13(2)22-17(18-4)20-11-10-19-16(23)15-14(3)21-12-24-15;/h12-13H,5-11H2,1-4H3,(H,19,23)(H2,18,20,22);1H. The van der Waals surface area contributed by atoms with Crippen LogP contribution in [0.4, 0.5) is 0 Å². The highest BCUT2D eigenvalue weighted by Crippen LogP contribution is 2.11. The van der Waals surface area contributed by atoms with Gasteiger partial charge in [0.2, 0.25) is 0 Å². The fourth-order valence-corrected chi connectivity index (χ4v) is 3.05. The summed E-state index contributed by atoms with van der Waals surface area (Å²) in [5.74, 6) is 0.713. The van der Waals surface area contributed by atoms with Crippen LogP contribution in [-0.4, -0.2) is 43.0 Å². The first-order valence-electron chi connectivity index (χ1n) is 8.74. The number of unbranched alkanes of at least 4 members (excludes halogenated alkanes) is 3. The monoisotopic (exact) mass is 481 g/mol. The number of nitrogens with zero attached hydrogens (tertiary/aromatic N) is 2. The molecule has 1 amide bonds. The molecule has 1 aromatic rings. The zero-order chi connectivity index (χ0) is 17.8. The Labute approximate surface area is 172 Å². The van der Waals surface area contributed by atoms with Gasteiger partial charge in [-0.05, 0) is 20.3 Å². The van der Waals surface area contributed by atoms with E-state index in [1.54, 1.807) is 12.6 Å². The maximum atomic E-state index is 12.0. The molecule has 144 valence electrons. The van der Waals surface area contributed by atoms with Crippen molar-refractivity contribution in [3.8, 4) is 0 Å². The van der Waals surface area contributed by atoms with Gasteiger partial charge in [-0.2, -0.15) is 0 Å². The van der Waals surface area contributed by atoms with Crippen molar-refractivity contribution >= 4 is 47.2 Å². The second-order valence-corrected chi connectivity index (χ2v) is 6.77. The predicted octanol–water partition coefficient (Wildman–Crippen LogP) is 3.32. The highest BCUT2D eigenvalue weighted by Gasteiger charge is 2.10. The lowest BCUT2D eigenvalue weighted by Crippen LogP contribution is -2.44. The molecule has 1 aromatic heterocycles. The lowest BCUT2D eigenvalue weighted by Gasteiger charge is -2.18. The fourth-order valence-electron chi connectivity index (χ4n) is 2.33. The van der Waals surface area contributed by atoms with Crippen LogP contribution < -0.4 is 16.0 Å². The summed E-state index contributed by atoms with van der Waals surface area (Å²) in [5.41, 5.74) is 2.47. The average molecular weight is 481 g/mol. The van der Waals surface area contributed by atoms with Gasteiger partial charge in [-0.25, -0.2) is 4.98 Å². The number of amides is 1. The zero-order valence-electron chi connectivity index (χ0n) is 15.7. The molecular formula is C17H32IN5OS. The van der Waals surface area contributed by atoms with Gasteiger partial charge in [0.1, 0.15) is 4.88 Å². The third-order valence-electron chi connectivity index (χ3n) is 3.75. The van der Waals surface area contributed by atoms with Crippen LogP contribution in [0.25, 0.3) is 0 Å². The Balaban J connectivity index is 0.00000576. The van der Waals surface area contributed by atoms with Crippen LogP contribution in [0.15, 0.2) is 10.5 Å². The van der Waals surface area contributed by atoms with Crippen molar-refractivity contribution in [3.05, 3.63) is 16.1 Å². The number of guanidine groups is 1. The Morgan fingerprint density at radius 2 is 2.00 bits per heavy atom. The average Bonchev–Trinajstić information content (AvgIpc) is 3.00. The first-order chi connectivity index (χ1) is 11.6. The predicted molar refractivity (Wildman–Crippen MR) is 117 cm³/mol. The van der Waals surface area contributed by atoms with E-state index >= 15 is 0 Å². The Morgan fingerprint density at radius 3 is 2.60 bits per heavy atom.